The van der Waals surface area contributed by atoms with Crippen LogP contribution in [0.5, 0.6) is 11.5 Å². The Labute approximate surface area is 262 Å². The van der Waals surface area contributed by atoms with Gasteiger partial charge in [0, 0.05) is 34.6 Å². The first-order chi connectivity index (χ1) is 20.3. The van der Waals surface area contributed by atoms with Gasteiger partial charge in [-0.3, -0.25) is 13.9 Å². The second kappa shape index (κ2) is 13.4. The molecule has 1 heterocycles. The second-order valence-corrected chi connectivity index (χ2v) is 14.2. The SMILES string of the molecule is CCS(=O)(=O)N(CC(=O)N(Cc1ccc(Cl)cc1Cl)[C@@H](Cc1ccccc1)C(=O)NC(C)(C)C)c1ccc2c(c1)OCO2. The second-order valence-electron chi connectivity index (χ2n) is 11.1. The number of sulfonamides is 1. The van der Waals surface area contributed by atoms with Gasteiger partial charge >= 0.3 is 0 Å². The molecule has 0 aliphatic carbocycles. The minimum absolute atomic E-state index is 0.0118. The van der Waals surface area contributed by atoms with Gasteiger partial charge in [-0.2, -0.15) is 0 Å². The van der Waals surface area contributed by atoms with Crippen molar-refractivity contribution < 1.29 is 27.5 Å². The summed E-state index contributed by atoms with van der Waals surface area (Å²) in [5.41, 5.74) is 1.02. The molecule has 12 heteroatoms. The van der Waals surface area contributed by atoms with Crippen molar-refractivity contribution in [3.8, 4) is 11.5 Å². The molecule has 0 radical (unpaired) electrons. The molecule has 1 N–H and O–H groups in total. The van der Waals surface area contributed by atoms with E-state index in [1.807, 2.05) is 51.1 Å². The Kier molecular flexibility index (Phi) is 10.1. The molecule has 1 aliphatic rings. The fraction of sp³-hybridized carbons (Fsp3) is 0.355. The first-order valence-electron chi connectivity index (χ1n) is 13.8. The van der Waals surface area contributed by atoms with Gasteiger partial charge in [0.25, 0.3) is 0 Å². The number of hydrogen-bond donors (Lipinski definition) is 1. The largest absolute Gasteiger partial charge is 0.454 e. The lowest BCUT2D eigenvalue weighted by Crippen LogP contribution is -2.56. The molecule has 1 aliphatic heterocycles. The highest BCUT2D eigenvalue weighted by molar-refractivity contribution is 7.92. The maximum absolute atomic E-state index is 14.3. The predicted octanol–water partition coefficient (Wildman–Crippen LogP) is 5.43. The van der Waals surface area contributed by atoms with Crippen molar-refractivity contribution in [1.29, 1.82) is 0 Å². The van der Waals surface area contributed by atoms with Crippen molar-refractivity contribution in [1.82, 2.24) is 10.2 Å². The van der Waals surface area contributed by atoms with Crippen LogP contribution >= 0.6 is 23.2 Å². The summed E-state index contributed by atoms with van der Waals surface area (Å²) in [6.07, 6.45) is 0.185. The average Bonchev–Trinajstić information content (AvgIpc) is 3.42. The number of ether oxygens (including phenoxy) is 2. The Bertz CT molecular complexity index is 1580. The number of rotatable bonds is 11. The van der Waals surface area contributed by atoms with E-state index in [1.54, 1.807) is 30.3 Å². The van der Waals surface area contributed by atoms with Gasteiger partial charge in [0.2, 0.25) is 28.6 Å². The Morgan fingerprint density at radius 1 is 0.977 bits per heavy atom. The summed E-state index contributed by atoms with van der Waals surface area (Å²) >= 11 is 12.7. The summed E-state index contributed by atoms with van der Waals surface area (Å²) in [5.74, 6) is -0.383. The Balaban J connectivity index is 1.78. The molecule has 0 saturated heterocycles. The van der Waals surface area contributed by atoms with Crippen LogP contribution in [0.1, 0.15) is 38.8 Å². The highest BCUT2D eigenvalue weighted by Crippen LogP contribution is 2.36. The third-order valence-corrected chi connectivity index (χ3v) is 9.08. The molecule has 3 aromatic carbocycles. The van der Waals surface area contributed by atoms with Crippen LogP contribution in [-0.2, 0) is 32.6 Å². The normalized spacial score (nSPS) is 13.3. The van der Waals surface area contributed by atoms with E-state index in [0.717, 1.165) is 9.87 Å². The number of nitrogens with one attached hydrogen (secondary N) is 1. The maximum Gasteiger partial charge on any atom is 0.244 e. The molecular formula is C31H35Cl2N3O6S. The summed E-state index contributed by atoms with van der Waals surface area (Å²) in [6, 6.07) is 17.9. The summed E-state index contributed by atoms with van der Waals surface area (Å²) in [7, 11) is -3.93. The minimum Gasteiger partial charge on any atom is -0.454 e. The van der Waals surface area contributed by atoms with Gasteiger partial charge in [0.05, 0.1) is 11.4 Å². The molecule has 3 aromatic rings. The Morgan fingerprint density at radius 3 is 2.33 bits per heavy atom. The molecule has 0 bridgehead atoms. The van der Waals surface area contributed by atoms with Gasteiger partial charge in [-0.15, -0.1) is 0 Å². The monoisotopic (exact) mass is 647 g/mol. The molecule has 4 rings (SSSR count). The van der Waals surface area contributed by atoms with Gasteiger partial charge in [0.1, 0.15) is 12.6 Å². The lowest BCUT2D eigenvalue weighted by molar-refractivity contribution is -0.140. The van der Waals surface area contributed by atoms with Crippen molar-refractivity contribution in [2.45, 2.75) is 52.2 Å². The van der Waals surface area contributed by atoms with Crippen LogP contribution in [0.25, 0.3) is 0 Å². The van der Waals surface area contributed by atoms with Crippen molar-refractivity contribution in [3.63, 3.8) is 0 Å². The van der Waals surface area contributed by atoms with Crippen molar-refractivity contribution >= 4 is 50.7 Å². The van der Waals surface area contributed by atoms with E-state index in [-0.39, 0.29) is 37.1 Å². The highest BCUT2D eigenvalue weighted by atomic mass is 35.5. The van der Waals surface area contributed by atoms with Crippen LogP contribution in [0.4, 0.5) is 5.69 Å². The number of halogens is 2. The van der Waals surface area contributed by atoms with E-state index in [0.29, 0.717) is 27.1 Å². The third-order valence-electron chi connectivity index (χ3n) is 6.75. The number of hydrogen-bond acceptors (Lipinski definition) is 6. The quantitative estimate of drug-likeness (QED) is 0.297. The third kappa shape index (κ3) is 8.34. The average molecular weight is 649 g/mol. The zero-order chi connectivity index (χ0) is 31.4. The Morgan fingerprint density at radius 2 is 1.67 bits per heavy atom. The molecule has 0 spiro atoms. The topological polar surface area (TPSA) is 105 Å². The zero-order valence-electron chi connectivity index (χ0n) is 24.5. The number of benzene rings is 3. The van der Waals surface area contributed by atoms with Gasteiger partial charge in [-0.1, -0.05) is 59.6 Å². The standard InChI is InChI=1S/C31H35Cl2N3O6S/c1-5-43(39,40)36(24-13-14-27-28(17-24)42-20-41-27)19-29(37)35(18-22-11-12-23(32)16-25(22)33)26(30(38)34-31(2,3)4)15-21-9-7-6-8-10-21/h6-14,16-17,26H,5,15,18-20H2,1-4H3,(H,34,38)/t26-/m0/s1. The summed E-state index contributed by atoms with van der Waals surface area (Å²) in [5, 5.41) is 3.72. The van der Waals surface area contributed by atoms with Crippen LogP contribution in [0.15, 0.2) is 66.7 Å². The Hall–Kier alpha value is -3.47. The summed E-state index contributed by atoms with van der Waals surface area (Å²) in [6.45, 7) is 6.43. The number of carbonyl (C=O) groups is 2. The number of nitrogens with zero attached hydrogens (tertiary/aromatic N) is 2. The number of anilines is 1. The molecule has 0 fully saturated rings. The van der Waals surface area contributed by atoms with Crippen molar-refractivity contribution in [2.75, 3.05) is 23.4 Å². The first-order valence-corrected chi connectivity index (χ1v) is 16.1. The van der Waals surface area contributed by atoms with E-state index < -0.39 is 34.1 Å². The first kappa shape index (κ1) is 32.4. The fourth-order valence-electron chi connectivity index (χ4n) is 4.60. The number of fused-ring (bicyclic) bond motifs is 1. The van der Waals surface area contributed by atoms with Crippen LogP contribution in [-0.4, -0.2) is 55.8 Å². The molecule has 0 saturated carbocycles. The van der Waals surface area contributed by atoms with Gasteiger partial charge < -0.3 is 19.7 Å². The summed E-state index contributed by atoms with van der Waals surface area (Å²) < 4.78 is 38.6. The zero-order valence-corrected chi connectivity index (χ0v) is 26.8. The predicted molar refractivity (Wildman–Crippen MR) is 168 cm³/mol. The van der Waals surface area contributed by atoms with Crippen LogP contribution in [0, 0.1) is 0 Å². The lowest BCUT2D eigenvalue weighted by Gasteiger charge is -2.35. The molecule has 0 aromatic heterocycles. The van der Waals surface area contributed by atoms with E-state index >= 15 is 0 Å². The summed E-state index contributed by atoms with van der Waals surface area (Å²) in [4.78, 5) is 29.6. The molecule has 230 valence electrons. The molecule has 9 nitrogen and oxygen atoms in total. The van der Waals surface area contributed by atoms with E-state index in [1.165, 1.54) is 17.9 Å². The van der Waals surface area contributed by atoms with Crippen LogP contribution in [0.3, 0.4) is 0 Å². The smallest absolute Gasteiger partial charge is 0.244 e. The maximum atomic E-state index is 14.3. The molecular weight excluding hydrogens is 613 g/mol. The van der Waals surface area contributed by atoms with Crippen LogP contribution in [0.2, 0.25) is 10.0 Å². The van der Waals surface area contributed by atoms with Crippen molar-refractivity contribution in [3.05, 3.63) is 87.9 Å². The van der Waals surface area contributed by atoms with E-state index in [2.05, 4.69) is 5.32 Å². The van der Waals surface area contributed by atoms with Gasteiger partial charge in [0.15, 0.2) is 11.5 Å². The minimum atomic E-state index is -3.93. The fourth-order valence-corrected chi connectivity index (χ4v) is 6.12. The number of amides is 2. The molecule has 1 atom stereocenters. The molecule has 0 unspecified atom stereocenters. The molecule has 43 heavy (non-hydrogen) atoms. The lowest BCUT2D eigenvalue weighted by atomic mass is 10.0. The number of carbonyl (C=O) groups excluding carboxylic acids is 2. The van der Waals surface area contributed by atoms with E-state index in [4.69, 9.17) is 32.7 Å². The highest BCUT2D eigenvalue weighted by Gasteiger charge is 2.35. The van der Waals surface area contributed by atoms with E-state index in [9.17, 15) is 18.0 Å². The van der Waals surface area contributed by atoms with Crippen LogP contribution < -0.4 is 19.1 Å². The van der Waals surface area contributed by atoms with Gasteiger partial charge in [-0.05, 0) is 63.1 Å². The van der Waals surface area contributed by atoms with Crippen molar-refractivity contribution in [2.24, 2.45) is 0 Å². The van der Waals surface area contributed by atoms with Gasteiger partial charge in [-0.25, -0.2) is 8.42 Å². The molecule has 2 amide bonds.